The number of carbonyl (C=O) groups is 1. The van der Waals surface area contributed by atoms with Crippen molar-refractivity contribution in [3.63, 3.8) is 0 Å². The maximum Gasteiger partial charge on any atom is 0.387 e. The van der Waals surface area contributed by atoms with Crippen molar-refractivity contribution in [2.45, 2.75) is 32.9 Å². The molecule has 4 rings (SSSR count). The molecule has 34 heavy (non-hydrogen) atoms. The summed E-state index contributed by atoms with van der Waals surface area (Å²) < 4.78 is 30.2. The number of ether oxygens (including phenoxy) is 1. The number of hydrogen-bond donors (Lipinski definition) is 1. The van der Waals surface area contributed by atoms with E-state index in [0.717, 1.165) is 22.3 Å². The van der Waals surface area contributed by atoms with Crippen molar-refractivity contribution < 1.29 is 18.3 Å². The largest absolute Gasteiger partial charge is 0.435 e. The number of carbonyl (C=O) groups excluding carboxylic acids is 1. The fraction of sp³-hybridized carbons (Fsp3) is 0.240. The molecule has 2 aromatic carbocycles. The molecule has 0 radical (unpaired) electrons. The van der Waals surface area contributed by atoms with E-state index >= 15 is 0 Å². The van der Waals surface area contributed by atoms with Gasteiger partial charge in [-0.3, -0.25) is 14.2 Å². The molecule has 2 aromatic heterocycles. The van der Waals surface area contributed by atoms with Gasteiger partial charge in [0.15, 0.2) is 0 Å². The predicted octanol–water partition coefficient (Wildman–Crippen LogP) is 4.78. The predicted molar refractivity (Wildman–Crippen MR) is 128 cm³/mol. The molecule has 0 unspecified atom stereocenters. The highest BCUT2D eigenvalue weighted by molar-refractivity contribution is 7.17. The van der Waals surface area contributed by atoms with E-state index in [1.807, 2.05) is 36.6 Å². The Bertz CT molecular complexity index is 1330. The van der Waals surface area contributed by atoms with Crippen LogP contribution in [0, 0.1) is 6.92 Å². The molecule has 0 bridgehead atoms. The van der Waals surface area contributed by atoms with Crippen molar-refractivity contribution in [2.75, 3.05) is 6.54 Å². The number of aromatic nitrogens is 2. The molecule has 2 heterocycles. The van der Waals surface area contributed by atoms with Gasteiger partial charge in [-0.1, -0.05) is 42.0 Å². The molecule has 0 saturated carbocycles. The molecule has 0 fully saturated rings. The quantitative estimate of drug-likeness (QED) is 0.372. The van der Waals surface area contributed by atoms with Crippen LogP contribution in [0.4, 0.5) is 8.78 Å². The Morgan fingerprint density at radius 1 is 1.15 bits per heavy atom. The number of nitrogens with one attached hydrogen (secondary N) is 1. The van der Waals surface area contributed by atoms with Gasteiger partial charge in [0.05, 0.1) is 11.7 Å². The lowest BCUT2D eigenvalue weighted by molar-refractivity contribution is -0.121. The van der Waals surface area contributed by atoms with E-state index in [1.54, 1.807) is 12.1 Å². The van der Waals surface area contributed by atoms with E-state index in [-0.39, 0.29) is 30.2 Å². The summed E-state index contributed by atoms with van der Waals surface area (Å²) >= 11 is 1.42. The lowest BCUT2D eigenvalue weighted by Crippen LogP contribution is -2.29. The highest BCUT2D eigenvalue weighted by Crippen LogP contribution is 2.30. The van der Waals surface area contributed by atoms with Crippen molar-refractivity contribution in [1.29, 1.82) is 0 Å². The Hall–Kier alpha value is -3.59. The van der Waals surface area contributed by atoms with Crippen molar-refractivity contribution in [3.8, 4) is 16.9 Å². The Balaban J connectivity index is 1.34. The van der Waals surface area contributed by atoms with Crippen LogP contribution < -0.4 is 15.6 Å². The molecule has 0 saturated heterocycles. The molecule has 4 aromatic rings. The second-order valence-corrected chi connectivity index (χ2v) is 8.67. The summed E-state index contributed by atoms with van der Waals surface area (Å²) in [6.07, 6.45) is 2.16. The average Bonchev–Trinajstić information content (AvgIpc) is 3.25. The lowest BCUT2D eigenvalue weighted by Gasteiger charge is -2.09. The van der Waals surface area contributed by atoms with Gasteiger partial charge in [0, 0.05) is 30.5 Å². The number of alkyl halides is 2. The number of rotatable bonds is 9. The molecule has 0 atom stereocenters. The zero-order valence-corrected chi connectivity index (χ0v) is 19.3. The molecular weight excluding hydrogens is 460 g/mol. The summed E-state index contributed by atoms with van der Waals surface area (Å²) in [6, 6.07) is 14.3. The molecule has 0 spiro atoms. The van der Waals surface area contributed by atoms with Gasteiger partial charge in [-0.15, -0.1) is 11.3 Å². The molecule has 9 heteroatoms. The first-order valence-electron chi connectivity index (χ1n) is 10.7. The third kappa shape index (κ3) is 5.66. The van der Waals surface area contributed by atoms with Crippen molar-refractivity contribution in [3.05, 3.63) is 81.7 Å². The molecule has 1 N–H and O–H groups in total. The minimum atomic E-state index is -2.86. The van der Waals surface area contributed by atoms with Crippen LogP contribution in [0.25, 0.3) is 21.3 Å². The summed E-state index contributed by atoms with van der Waals surface area (Å²) in [5.41, 5.74) is 3.67. The maximum atomic E-state index is 13.1. The lowest BCUT2D eigenvalue weighted by atomic mass is 10.1. The van der Waals surface area contributed by atoms with Crippen LogP contribution in [0.1, 0.15) is 17.5 Å². The normalized spacial score (nSPS) is 11.2. The third-order valence-corrected chi connectivity index (χ3v) is 6.27. The van der Waals surface area contributed by atoms with Crippen LogP contribution >= 0.6 is 11.3 Å². The fourth-order valence-electron chi connectivity index (χ4n) is 3.57. The average molecular weight is 484 g/mol. The van der Waals surface area contributed by atoms with Crippen molar-refractivity contribution in [2.24, 2.45) is 0 Å². The number of benzene rings is 2. The zero-order valence-electron chi connectivity index (χ0n) is 18.5. The molecule has 1 amide bonds. The monoisotopic (exact) mass is 483 g/mol. The fourth-order valence-corrected chi connectivity index (χ4v) is 4.47. The molecule has 176 valence electrons. The standard InChI is InChI=1S/C25H23F2N3O3S/c1-16-2-6-18(7-3-16)20-14-34-23-22(20)24(32)30(15-29-23)13-11-21(31)28-12-10-17-4-8-19(9-5-17)33-25(26)27/h2-9,14-15,25H,10-13H2,1H3,(H,28,31). The number of nitrogens with zero attached hydrogens (tertiary/aromatic N) is 2. The highest BCUT2D eigenvalue weighted by Gasteiger charge is 2.14. The second-order valence-electron chi connectivity index (χ2n) is 7.81. The van der Waals surface area contributed by atoms with E-state index in [1.165, 1.54) is 34.4 Å². The number of aryl methyl sites for hydroxylation is 2. The minimum absolute atomic E-state index is 0.0926. The molecule has 6 nitrogen and oxygen atoms in total. The van der Waals surface area contributed by atoms with Crippen LogP contribution in [0.15, 0.2) is 65.0 Å². The Kier molecular flexibility index (Phi) is 7.32. The zero-order chi connectivity index (χ0) is 24.1. The van der Waals surface area contributed by atoms with E-state index in [9.17, 15) is 18.4 Å². The van der Waals surface area contributed by atoms with Gasteiger partial charge >= 0.3 is 6.61 Å². The Morgan fingerprint density at radius 2 is 1.88 bits per heavy atom. The first-order valence-corrected chi connectivity index (χ1v) is 11.6. The maximum absolute atomic E-state index is 13.1. The number of halogens is 2. The SMILES string of the molecule is Cc1ccc(-c2csc3ncn(CCC(=O)NCCc4ccc(OC(F)F)cc4)c(=O)c23)cc1. The summed E-state index contributed by atoms with van der Waals surface area (Å²) in [4.78, 5) is 30.5. The Morgan fingerprint density at radius 3 is 2.59 bits per heavy atom. The van der Waals surface area contributed by atoms with Gasteiger partial charge in [0.25, 0.3) is 5.56 Å². The van der Waals surface area contributed by atoms with Gasteiger partial charge in [0.2, 0.25) is 5.91 Å². The third-order valence-electron chi connectivity index (χ3n) is 5.39. The first-order chi connectivity index (χ1) is 16.4. The second kappa shape index (κ2) is 10.6. The smallest absolute Gasteiger partial charge is 0.387 e. The highest BCUT2D eigenvalue weighted by atomic mass is 32.1. The number of amides is 1. The van der Waals surface area contributed by atoms with Crippen LogP contribution in [-0.2, 0) is 17.8 Å². The first kappa shape index (κ1) is 23.6. The van der Waals surface area contributed by atoms with E-state index in [4.69, 9.17) is 0 Å². The molecular formula is C25H23F2N3O3S. The van der Waals surface area contributed by atoms with E-state index in [2.05, 4.69) is 15.0 Å². The number of fused-ring (bicyclic) bond motifs is 1. The van der Waals surface area contributed by atoms with E-state index < -0.39 is 6.61 Å². The van der Waals surface area contributed by atoms with Crippen molar-refractivity contribution in [1.82, 2.24) is 14.9 Å². The molecule has 0 aliphatic heterocycles. The van der Waals surface area contributed by atoms with Gasteiger partial charge in [-0.05, 0) is 36.6 Å². The number of thiophene rings is 1. The molecule has 0 aliphatic carbocycles. The summed E-state index contributed by atoms with van der Waals surface area (Å²) in [5, 5.41) is 5.32. The van der Waals surface area contributed by atoms with Gasteiger partial charge < -0.3 is 10.1 Å². The number of hydrogen-bond acceptors (Lipinski definition) is 5. The Labute approximate surface area is 198 Å². The van der Waals surface area contributed by atoms with Crippen LogP contribution in [0.5, 0.6) is 5.75 Å². The minimum Gasteiger partial charge on any atom is -0.435 e. The van der Waals surface area contributed by atoms with Crippen LogP contribution in [-0.4, -0.2) is 28.6 Å². The topological polar surface area (TPSA) is 73.2 Å². The van der Waals surface area contributed by atoms with Crippen LogP contribution in [0.2, 0.25) is 0 Å². The summed E-state index contributed by atoms with van der Waals surface area (Å²) in [5.74, 6) is -0.0938. The van der Waals surface area contributed by atoms with Gasteiger partial charge in [0.1, 0.15) is 10.6 Å². The van der Waals surface area contributed by atoms with Crippen LogP contribution in [0.3, 0.4) is 0 Å². The molecule has 0 aliphatic rings. The summed E-state index contributed by atoms with van der Waals surface area (Å²) in [7, 11) is 0. The van der Waals surface area contributed by atoms with Crippen molar-refractivity contribution >= 4 is 27.5 Å². The van der Waals surface area contributed by atoms with Gasteiger partial charge in [-0.25, -0.2) is 4.98 Å². The summed E-state index contributed by atoms with van der Waals surface area (Å²) in [6.45, 7) is -0.239. The van der Waals surface area contributed by atoms with E-state index in [0.29, 0.717) is 23.2 Å². The van der Waals surface area contributed by atoms with Gasteiger partial charge in [-0.2, -0.15) is 8.78 Å².